The van der Waals surface area contributed by atoms with Crippen LogP contribution in [0.3, 0.4) is 0 Å². The van der Waals surface area contributed by atoms with Crippen molar-refractivity contribution in [1.82, 2.24) is 5.32 Å². The van der Waals surface area contributed by atoms with Crippen LogP contribution in [0.5, 0.6) is 0 Å². The molecule has 1 saturated carbocycles. The number of carbonyl (C=O) groups excluding carboxylic acids is 1. The smallest absolute Gasteiger partial charge is 0.257 e. The van der Waals surface area contributed by atoms with Crippen molar-refractivity contribution >= 4 is 17.5 Å². The van der Waals surface area contributed by atoms with Gasteiger partial charge in [0, 0.05) is 22.9 Å². The fourth-order valence-electron chi connectivity index (χ4n) is 2.87. The first-order valence-corrected chi connectivity index (χ1v) is 7.61. The van der Waals surface area contributed by atoms with E-state index in [2.05, 4.69) is 5.32 Å². The van der Waals surface area contributed by atoms with Gasteiger partial charge < -0.3 is 5.32 Å². The maximum absolute atomic E-state index is 13.7. The first kappa shape index (κ1) is 15.2. The lowest BCUT2D eigenvalue weighted by Crippen LogP contribution is -2.32. The second-order valence-corrected chi connectivity index (χ2v) is 6.46. The van der Waals surface area contributed by atoms with E-state index in [0.29, 0.717) is 11.4 Å². The predicted molar refractivity (Wildman–Crippen MR) is 81.9 cm³/mol. The molecule has 2 nitrogen and oxygen atoms in total. The van der Waals surface area contributed by atoms with E-state index >= 15 is 0 Å². The van der Waals surface area contributed by atoms with Gasteiger partial charge in [-0.05, 0) is 36.6 Å². The molecule has 0 aliphatic heterocycles. The minimum Gasteiger partial charge on any atom is -0.348 e. The fourth-order valence-corrected chi connectivity index (χ4v) is 3.00. The van der Waals surface area contributed by atoms with Gasteiger partial charge in [0.25, 0.3) is 5.91 Å². The Morgan fingerprint density at radius 1 is 1.32 bits per heavy atom. The SMILES string of the molecule is C[C@]1(c2ccc(Cl)cc2)C[C@H]1NC(=O)C1=C(F)CCC=C1F. The summed E-state index contributed by atoms with van der Waals surface area (Å²) in [5.74, 6) is -2.12. The summed E-state index contributed by atoms with van der Waals surface area (Å²) in [7, 11) is 0. The van der Waals surface area contributed by atoms with Crippen LogP contribution in [0, 0.1) is 0 Å². The Balaban J connectivity index is 1.72. The number of halogens is 3. The van der Waals surface area contributed by atoms with Crippen LogP contribution in [0.1, 0.15) is 31.7 Å². The Bertz CT molecular complexity index is 680. The lowest BCUT2D eigenvalue weighted by molar-refractivity contribution is -0.117. The van der Waals surface area contributed by atoms with E-state index in [4.69, 9.17) is 11.6 Å². The number of nitrogens with one attached hydrogen (secondary N) is 1. The second-order valence-electron chi connectivity index (χ2n) is 6.03. The molecule has 0 radical (unpaired) electrons. The predicted octanol–water partition coefficient (Wildman–Crippen LogP) is 4.36. The lowest BCUT2D eigenvalue weighted by Gasteiger charge is -2.15. The minimum absolute atomic E-state index is 0.0787. The number of hydrogen-bond donors (Lipinski definition) is 1. The van der Waals surface area contributed by atoms with Crippen molar-refractivity contribution in [2.45, 2.75) is 37.6 Å². The Labute approximate surface area is 132 Å². The molecular weight excluding hydrogens is 308 g/mol. The van der Waals surface area contributed by atoms with Crippen LogP contribution in [0.4, 0.5) is 8.78 Å². The van der Waals surface area contributed by atoms with Crippen LogP contribution >= 0.6 is 11.6 Å². The summed E-state index contributed by atoms with van der Waals surface area (Å²) >= 11 is 5.87. The minimum atomic E-state index is -0.768. The number of carbonyl (C=O) groups is 1. The van der Waals surface area contributed by atoms with E-state index in [1.165, 1.54) is 6.08 Å². The molecule has 2 aliphatic rings. The van der Waals surface area contributed by atoms with Crippen LogP contribution in [-0.4, -0.2) is 11.9 Å². The highest BCUT2D eigenvalue weighted by molar-refractivity contribution is 6.30. The quantitative estimate of drug-likeness (QED) is 0.880. The third-order valence-corrected chi connectivity index (χ3v) is 4.72. The van der Waals surface area contributed by atoms with Crippen molar-refractivity contribution in [2.24, 2.45) is 0 Å². The molecule has 0 unspecified atom stereocenters. The molecule has 1 N–H and O–H groups in total. The molecule has 22 heavy (non-hydrogen) atoms. The molecule has 1 aromatic rings. The molecule has 0 aromatic heterocycles. The van der Waals surface area contributed by atoms with Crippen molar-refractivity contribution in [1.29, 1.82) is 0 Å². The van der Waals surface area contributed by atoms with Crippen molar-refractivity contribution in [3.8, 4) is 0 Å². The lowest BCUT2D eigenvalue weighted by atomic mass is 9.97. The molecule has 5 heteroatoms. The van der Waals surface area contributed by atoms with Gasteiger partial charge in [-0.15, -0.1) is 0 Å². The summed E-state index contributed by atoms with van der Waals surface area (Å²) in [5, 5.41) is 3.39. The number of amides is 1. The Kier molecular flexibility index (Phi) is 3.81. The monoisotopic (exact) mass is 323 g/mol. The summed E-state index contributed by atoms with van der Waals surface area (Å²) < 4.78 is 27.4. The van der Waals surface area contributed by atoms with Gasteiger partial charge in [0.2, 0.25) is 0 Å². The van der Waals surface area contributed by atoms with E-state index in [-0.39, 0.29) is 17.9 Å². The molecule has 3 rings (SSSR count). The summed E-state index contributed by atoms with van der Waals surface area (Å²) in [6.07, 6.45) is 2.36. The Hall–Kier alpha value is -1.68. The molecule has 0 spiro atoms. The zero-order valence-corrected chi connectivity index (χ0v) is 12.9. The van der Waals surface area contributed by atoms with E-state index in [1.807, 2.05) is 19.1 Å². The van der Waals surface area contributed by atoms with E-state index in [1.54, 1.807) is 12.1 Å². The van der Waals surface area contributed by atoms with Crippen molar-refractivity contribution in [2.75, 3.05) is 0 Å². The summed E-state index contributed by atoms with van der Waals surface area (Å²) in [5.41, 5.74) is 0.388. The number of benzene rings is 1. The second kappa shape index (κ2) is 5.51. The summed E-state index contributed by atoms with van der Waals surface area (Å²) in [6, 6.07) is 7.29. The van der Waals surface area contributed by atoms with Crippen LogP contribution in [0.2, 0.25) is 5.02 Å². The summed E-state index contributed by atoms with van der Waals surface area (Å²) in [6.45, 7) is 2.01. The van der Waals surface area contributed by atoms with E-state index in [0.717, 1.165) is 12.0 Å². The highest BCUT2D eigenvalue weighted by atomic mass is 35.5. The zero-order chi connectivity index (χ0) is 15.9. The maximum Gasteiger partial charge on any atom is 0.257 e. The standard InChI is InChI=1S/C17H16ClF2NO/c1-17(10-5-7-11(18)8-6-10)9-14(17)21-16(22)15-12(19)3-2-4-13(15)20/h3,5-8,14H,2,4,9H2,1H3,(H,21,22)/t14-,17-/m1/s1. The zero-order valence-electron chi connectivity index (χ0n) is 12.1. The van der Waals surface area contributed by atoms with Gasteiger partial charge in [-0.1, -0.05) is 30.7 Å². The Morgan fingerprint density at radius 3 is 2.64 bits per heavy atom. The number of allylic oxidation sites excluding steroid dienone is 2. The molecule has 116 valence electrons. The molecule has 1 aromatic carbocycles. The van der Waals surface area contributed by atoms with Gasteiger partial charge in [-0.3, -0.25) is 4.79 Å². The molecule has 0 heterocycles. The highest BCUT2D eigenvalue weighted by Gasteiger charge is 2.52. The highest BCUT2D eigenvalue weighted by Crippen LogP contribution is 2.48. The van der Waals surface area contributed by atoms with Gasteiger partial charge in [-0.25, -0.2) is 8.78 Å². The van der Waals surface area contributed by atoms with Gasteiger partial charge in [0.15, 0.2) is 0 Å². The third-order valence-electron chi connectivity index (χ3n) is 4.47. The van der Waals surface area contributed by atoms with Gasteiger partial charge in [0.05, 0.1) is 0 Å². The van der Waals surface area contributed by atoms with Crippen LogP contribution in [0.15, 0.2) is 47.6 Å². The van der Waals surface area contributed by atoms with Crippen LogP contribution < -0.4 is 5.32 Å². The topological polar surface area (TPSA) is 29.1 Å². The largest absolute Gasteiger partial charge is 0.348 e. The molecule has 2 atom stereocenters. The number of rotatable bonds is 3. The first-order valence-electron chi connectivity index (χ1n) is 7.23. The molecule has 0 saturated heterocycles. The fraction of sp³-hybridized carbons (Fsp3) is 0.353. The van der Waals surface area contributed by atoms with Gasteiger partial charge in [-0.2, -0.15) is 0 Å². The molecule has 1 amide bonds. The molecule has 1 fully saturated rings. The third kappa shape index (κ3) is 2.68. The van der Waals surface area contributed by atoms with Crippen LogP contribution in [-0.2, 0) is 10.2 Å². The van der Waals surface area contributed by atoms with Crippen molar-refractivity contribution < 1.29 is 13.6 Å². The van der Waals surface area contributed by atoms with E-state index in [9.17, 15) is 13.6 Å². The molecule has 2 aliphatic carbocycles. The number of hydrogen-bond acceptors (Lipinski definition) is 1. The van der Waals surface area contributed by atoms with Crippen LogP contribution in [0.25, 0.3) is 0 Å². The molecule has 0 bridgehead atoms. The Morgan fingerprint density at radius 2 is 2.00 bits per heavy atom. The van der Waals surface area contributed by atoms with Gasteiger partial charge >= 0.3 is 0 Å². The average molecular weight is 324 g/mol. The maximum atomic E-state index is 13.7. The van der Waals surface area contributed by atoms with Gasteiger partial charge in [0.1, 0.15) is 17.2 Å². The molecular formula is C17H16ClF2NO. The normalized spacial score (nSPS) is 27.5. The van der Waals surface area contributed by atoms with Crippen molar-refractivity contribution in [3.63, 3.8) is 0 Å². The first-order chi connectivity index (χ1) is 10.4. The van der Waals surface area contributed by atoms with Crippen molar-refractivity contribution in [3.05, 3.63) is 58.2 Å². The average Bonchev–Trinajstić information content (AvgIpc) is 3.10. The summed E-state index contributed by atoms with van der Waals surface area (Å²) in [4.78, 5) is 12.1. The van der Waals surface area contributed by atoms with E-state index < -0.39 is 23.1 Å².